The average Bonchev–Trinajstić information content (AvgIpc) is 2.38. The molecular weight excluding hydrogens is 268 g/mol. The first kappa shape index (κ1) is 13.3. The van der Waals surface area contributed by atoms with Gasteiger partial charge in [-0.2, -0.15) is 0 Å². The molecule has 0 aliphatic heterocycles. The number of benzene rings is 1. The molecule has 0 atom stereocenters. The predicted molar refractivity (Wildman–Crippen MR) is 71.0 cm³/mol. The summed E-state index contributed by atoms with van der Waals surface area (Å²) in [4.78, 5) is 29.6. The molecule has 0 amide bonds. The van der Waals surface area contributed by atoms with Crippen LogP contribution >= 0.6 is 11.6 Å². The van der Waals surface area contributed by atoms with Crippen molar-refractivity contribution in [3.63, 3.8) is 0 Å². The van der Waals surface area contributed by atoms with Crippen molar-refractivity contribution >= 4 is 17.6 Å². The summed E-state index contributed by atoms with van der Waals surface area (Å²) in [5.74, 6) is -0.0796. The monoisotopic (exact) mass is 278 g/mol. The third-order valence-corrected chi connectivity index (χ3v) is 2.68. The lowest BCUT2D eigenvalue weighted by Crippen LogP contribution is -2.14. The maximum Gasteiger partial charge on any atom is 0.311 e. The van der Waals surface area contributed by atoms with E-state index < -0.39 is 5.97 Å². The smallest absolute Gasteiger partial charge is 0.311 e. The maximum atomic E-state index is 11.6. The van der Waals surface area contributed by atoms with Crippen LogP contribution in [0.5, 0.6) is 0 Å². The van der Waals surface area contributed by atoms with Crippen molar-refractivity contribution in [1.29, 1.82) is 0 Å². The third-order valence-electron chi connectivity index (χ3n) is 2.45. The van der Waals surface area contributed by atoms with Gasteiger partial charge in [-0.15, -0.1) is 0 Å². The van der Waals surface area contributed by atoms with Gasteiger partial charge in [0.15, 0.2) is 0 Å². The lowest BCUT2D eigenvalue weighted by Gasteiger charge is -2.04. The number of nitrogens with one attached hydrogen (secondary N) is 1. The molecule has 5 nitrogen and oxygen atoms in total. The molecule has 0 bridgehead atoms. The van der Waals surface area contributed by atoms with Crippen LogP contribution < -0.4 is 5.56 Å². The van der Waals surface area contributed by atoms with E-state index in [-0.39, 0.29) is 12.0 Å². The highest BCUT2D eigenvalue weighted by atomic mass is 35.5. The second-order valence-electron chi connectivity index (χ2n) is 3.85. The molecule has 0 aliphatic rings. The van der Waals surface area contributed by atoms with Crippen molar-refractivity contribution in [2.24, 2.45) is 0 Å². The van der Waals surface area contributed by atoms with Gasteiger partial charge in [-0.25, -0.2) is 4.98 Å². The highest BCUT2D eigenvalue weighted by Gasteiger charge is 2.08. The zero-order valence-corrected chi connectivity index (χ0v) is 10.9. The molecule has 1 aromatic heterocycles. The summed E-state index contributed by atoms with van der Waals surface area (Å²) in [6.07, 6.45) is -0.0476. The highest BCUT2D eigenvalue weighted by molar-refractivity contribution is 6.30. The quantitative estimate of drug-likeness (QED) is 0.869. The lowest BCUT2D eigenvalue weighted by molar-refractivity contribution is -0.139. The van der Waals surface area contributed by atoms with Gasteiger partial charge < -0.3 is 9.72 Å². The number of H-pyrrole nitrogens is 1. The number of nitrogens with zero attached hydrogens (tertiary/aromatic N) is 1. The van der Waals surface area contributed by atoms with Crippen LogP contribution in [0.25, 0.3) is 11.4 Å². The Labute approximate surface area is 114 Å². The van der Waals surface area contributed by atoms with Crippen molar-refractivity contribution < 1.29 is 9.53 Å². The molecule has 0 fully saturated rings. The summed E-state index contributed by atoms with van der Waals surface area (Å²) in [6, 6.07) is 8.20. The number of rotatable bonds is 3. The van der Waals surface area contributed by atoms with Crippen molar-refractivity contribution in [3.05, 3.63) is 51.4 Å². The number of hydrogen-bond acceptors (Lipinski definition) is 4. The van der Waals surface area contributed by atoms with Gasteiger partial charge in [0.1, 0.15) is 5.82 Å². The zero-order chi connectivity index (χ0) is 13.8. The molecule has 19 heavy (non-hydrogen) atoms. The van der Waals surface area contributed by atoms with Gasteiger partial charge in [-0.1, -0.05) is 23.7 Å². The molecule has 0 saturated heterocycles. The SMILES string of the molecule is COC(=O)Cc1cc(=O)[nH]c(-c2cccc(Cl)c2)n1. The van der Waals surface area contributed by atoms with E-state index in [2.05, 4.69) is 14.7 Å². The molecular formula is C13H11ClN2O3. The van der Waals surface area contributed by atoms with Crippen LogP contribution in [0.1, 0.15) is 5.69 Å². The number of halogens is 1. The minimum absolute atomic E-state index is 0.0476. The van der Waals surface area contributed by atoms with Gasteiger partial charge in [0.05, 0.1) is 19.2 Å². The Morgan fingerprint density at radius 2 is 2.21 bits per heavy atom. The summed E-state index contributed by atoms with van der Waals surface area (Å²) >= 11 is 5.89. The molecule has 1 N–H and O–H groups in total. The van der Waals surface area contributed by atoms with Crippen molar-refractivity contribution in [1.82, 2.24) is 9.97 Å². The molecule has 2 aromatic rings. The van der Waals surface area contributed by atoms with Gasteiger partial charge in [0.25, 0.3) is 5.56 Å². The van der Waals surface area contributed by atoms with E-state index in [1.807, 2.05) is 0 Å². The van der Waals surface area contributed by atoms with Gasteiger partial charge in [0, 0.05) is 16.7 Å². The Bertz CT molecular complexity index is 667. The van der Waals surface area contributed by atoms with Crippen LogP contribution in [0.2, 0.25) is 5.02 Å². The normalized spacial score (nSPS) is 10.2. The first-order chi connectivity index (χ1) is 9.08. The Balaban J connectivity index is 2.42. The average molecular weight is 279 g/mol. The second kappa shape index (κ2) is 5.67. The van der Waals surface area contributed by atoms with E-state index in [0.717, 1.165) is 0 Å². The number of aromatic nitrogens is 2. The van der Waals surface area contributed by atoms with E-state index in [1.165, 1.54) is 13.2 Å². The zero-order valence-electron chi connectivity index (χ0n) is 10.1. The number of methoxy groups -OCH3 is 1. The summed E-state index contributed by atoms with van der Waals surface area (Å²) in [5, 5.41) is 0.540. The number of hydrogen-bond donors (Lipinski definition) is 1. The Morgan fingerprint density at radius 1 is 1.42 bits per heavy atom. The van der Waals surface area contributed by atoms with E-state index in [0.29, 0.717) is 22.1 Å². The fraction of sp³-hybridized carbons (Fsp3) is 0.154. The van der Waals surface area contributed by atoms with Crippen LogP contribution in [-0.4, -0.2) is 23.0 Å². The molecule has 0 saturated carbocycles. The number of carbonyl (C=O) groups is 1. The third kappa shape index (κ3) is 3.42. The highest BCUT2D eigenvalue weighted by Crippen LogP contribution is 2.18. The van der Waals surface area contributed by atoms with Crippen LogP contribution in [0.3, 0.4) is 0 Å². The molecule has 6 heteroatoms. The fourth-order valence-electron chi connectivity index (χ4n) is 1.59. The van der Waals surface area contributed by atoms with Gasteiger partial charge >= 0.3 is 5.97 Å². The largest absolute Gasteiger partial charge is 0.469 e. The number of esters is 1. The lowest BCUT2D eigenvalue weighted by atomic mass is 10.2. The number of carbonyl (C=O) groups excluding carboxylic acids is 1. The van der Waals surface area contributed by atoms with Crippen LogP contribution in [-0.2, 0) is 16.0 Å². The molecule has 0 aliphatic carbocycles. The fourth-order valence-corrected chi connectivity index (χ4v) is 1.78. The first-order valence-electron chi connectivity index (χ1n) is 5.51. The van der Waals surface area contributed by atoms with Crippen molar-refractivity contribution in [2.45, 2.75) is 6.42 Å². The Kier molecular flexibility index (Phi) is 3.97. The van der Waals surface area contributed by atoms with Crippen molar-refractivity contribution in [2.75, 3.05) is 7.11 Å². The van der Waals surface area contributed by atoms with E-state index in [4.69, 9.17) is 11.6 Å². The molecule has 98 valence electrons. The molecule has 0 unspecified atom stereocenters. The summed E-state index contributed by atoms with van der Waals surface area (Å²) < 4.78 is 4.55. The standard InChI is InChI=1S/C13H11ClN2O3/c1-19-12(18)7-10-6-11(17)16-13(15-10)8-3-2-4-9(14)5-8/h2-6H,7H2,1H3,(H,15,16,17). The summed E-state index contributed by atoms with van der Waals surface area (Å²) in [7, 11) is 1.29. The van der Waals surface area contributed by atoms with E-state index >= 15 is 0 Å². The van der Waals surface area contributed by atoms with Crippen molar-refractivity contribution in [3.8, 4) is 11.4 Å². The number of aromatic amines is 1. The van der Waals surface area contributed by atoms with Gasteiger partial charge in [-0.3, -0.25) is 9.59 Å². The maximum absolute atomic E-state index is 11.6. The molecule has 0 spiro atoms. The minimum Gasteiger partial charge on any atom is -0.469 e. The van der Waals surface area contributed by atoms with Gasteiger partial charge in [0.2, 0.25) is 0 Å². The van der Waals surface area contributed by atoms with E-state index in [9.17, 15) is 9.59 Å². The Hall–Kier alpha value is -2.14. The molecule has 1 aromatic carbocycles. The molecule has 2 rings (SSSR count). The minimum atomic E-state index is -0.449. The topological polar surface area (TPSA) is 72.1 Å². The predicted octanol–water partition coefficient (Wildman–Crippen LogP) is 1.81. The molecule has 1 heterocycles. The van der Waals surface area contributed by atoms with Gasteiger partial charge in [-0.05, 0) is 12.1 Å². The van der Waals surface area contributed by atoms with Crippen LogP contribution in [0.4, 0.5) is 0 Å². The van der Waals surface area contributed by atoms with Crippen LogP contribution in [0, 0.1) is 0 Å². The summed E-state index contributed by atoms with van der Waals surface area (Å²) in [6.45, 7) is 0. The molecule has 0 radical (unpaired) electrons. The van der Waals surface area contributed by atoms with Crippen LogP contribution in [0.15, 0.2) is 35.1 Å². The number of ether oxygens (including phenoxy) is 1. The second-order valence-corrected chi connectivity index (χ2v) is 4.29. The van der Waals surface area contributed by atoms with E-state index in [1.54, 1.807) is 24.3 Å². The Morgan fingerprint density at radius 3 is 2.89 bits per heavy atom. The summed E-state index contributed by atoms with van der Waals surface area (Å²) in [5.41, 5.74) is 0.700. The first-order valence-corrected chi connectivity index (χ1v) is 5.89.